The van der Waals surface area contributed by atoms with Crippen molar-refractivity contribution in [3.8, 4) is 22.9 Å². The van der Waals surface area contributed by atoms with E-state index in [4.69, 9.17) is 9.88 Å². The van der Waals surface area contributed by atoms with Gasteiger partial charge in [-0.2, -0.15) is 13.2 Å². The molecular formula is C17H12F3N3O3S. The lowest BCUT2D eigenvalue weighted by molar-refractivity contribution is -0.137. The lowest BCUT2D eigenvalue weighted by Crippen LogP contribution is -2.16. The zero-order chi connectivity index (χ0) is 19.7. The van der Waals surface area contributed by atoms with Gasteiger partial charge in [-0.15, -0.1) is 0 Å². The SMILES string of the molecule is NS(=O)(=O)c1ccc(C(F)(F)F)c(-c2ncccn2)c1Oc1ccccc1. The van der Waals surface area contributed by atoms with Crippen LogP contribution in [-0.4, -0.2) is 18.4 Å². The summed E-state index contributed by atoms with van der Waals surface area (Å²) in [5, 5.41) is 5.19. The predicted molar refractivity (Wildman–Crippen MR) is 90.4 cm³/mol. The third-order valence-electron chi connectivity index (χ3n) is 3.49. The number of hydrogen-bond donors (Lipinski definition) is 1. The zero-order valence-corrected chi connectivity index (χ0v) is 14.3. The van der Waals surface area contributed by atoms with Gasteiger partial charge in [0.15, 0.2) is 11.6 Å². The molecule has 0 saturated carbocycles. The standard InChI is InChI=1S/C17H12F3N3O3S/c18-17(19,20)12-7-8-13(27(21,24)25)15(26-11-5-2-1-3-6-11)14(12)16-22-9-4-10-23-16/h1-10H,(H2,21,24,25). The van der Waals surface area contributed by atoms with Crippen molar-refractivity contribution in [1.29, 1.82) is 0 Å². The van der Waals surface area contributed by atoms with Crippen LogP contribution in [0.1, 0.15) is 5.56 Å². The number of halogens is 3. The summed E-state index contributed by atoms with van der Waals surface area (Å²) in [6.45, 7) is 0. The van der Waals surface area contributed by atoms with Gasteiger partial charge in [-0.25, -0.2) is 23.5 Å². The second-order valence-corrected chi connectivity index (χ2v) is 6.88. The van der Waals surface area contributed by atoms with E-state index in [1.807, 2.05) is 0 Å². The van der Waals surface area contributed by atoms with E-state index >= 15 is 0 Å². The highest BCUT2D eigenvalue weighted by molar-refractivity contribution is 7.89. The number of rotatable bonds is 4. The highest BCUT2D eigenvalue weighted by Gasteiger charge is 2.38. The molecule has 0 amide bonds. The molecule has 140 valence electrons. The van der Waals surface area contributed by atoms with Gasteiger partial charge < -0.3 is 4.74 Å². The minimum absolute atomic E-state index is 0.124. The van der Waals surface area contributed by atoms with Crippen molar-refractivity contribution < 1.29 is 26.3 Å². The molecule has 0 atom stereocenters. The summed E-state index contributed by atoms with van der Waals surface area (Å²) in [5.41, 5.74) is -1.76. The van der Waals surface area contributed by atoms with Crippen LogP contribution in [0.5, 0.6) is 11.5 Å². The number of primary sulfonamides is 1. The van der Waals surface area contributed by atoms with E-state index in [9.17, 15) is 21.6 Å². The number of nitrogens with two attached hydrogens (primary N) is 1. The van der Waals surface area contributed by atoms with Crippen LogP contribution in [0, 0.1) is 0 Å². The molecule has 0 aliphatic heterocycles. The Balaban J connectivity index is 2.38. The van der Waals surface area contributed by atoms with Crippen LogP contribution in [0.4, 0.5) is 13.2 Å². The zero-order valence-electron chi connectivity index (χ0n) is 13.5. The summed E-state index contributed by atoms with van der Waals surface area (Å²) in [4.78, 5) is 7.03. The number of alkyl halides is 3. The van der Waals surface area contributed by atoms with Crippen LogP contribution < -0.4 is 9.88 Å². The predicted octanol–water partition coefficient (Wildman–Crippen LogP) is 3.60. The van der Waals surface area contributed by atoms with Gasteiger partial charge in [0.2, 0.25) is 10.0 Å². The molecule has 0 radical (unpaired) electrons. The van der Waals surface area contributed by atoms with Crippen LogP contribution in [0.3, 0.4) is 0 Å². The molecule has 0 bridgehead atoms. The molecule has 6 nitrogen and oxygen atoms in total. The van der Waals surface area contributed by atoms with E-state index < -0.39 is 38.0 Å². The van der Waals surface area contributed by atoms with Crippen molar-refractivity contribution >= 4 is 10.0 Å². The van der Waals surface area contributed by atoms with E-state index in [-0.39, 0.29) is 11.6 Å². The first-order valence-corrected chi connectivity index (χ1v) is 9.00. The molecule has 3 rings (SSSR count). The van der Waals surface area contributed by atoms with Crippen molar-refractivity contribution in [3.05, 3.63) is 66.5 Å². The number of benzene rings is 2. The molecule has 0 spiro atoms. The minimum Gasteiger partial charge on any atom is -0.455 e. The fraction of sp³-hybridized carbons (Fsp3) is 0.0588. The molecule has 1 heterocycles. The molecule has 27 heavy (non-hydrogen) atoms. The van der Waals surface area contributed by atoms with E-state index in [2.05, 4.69) is 9.97 Å². The summed E-state index contributed by atoms with van der Waals surface area (Å²) < 4.78 is 70.2. The quantitative estimate of drug-likeness (QED) is 0.728. The first kappa shape index (κ1) is 18.8. The number of ether oxygens (including phenoxy) is 1. The van der Waals surface area contributed by atoms with Crippen molar-refractivity contribution in [2.24, 2.45) is 5.14 Å². The van der Waals surface area contributed by atoms with Crippen molar-refractivity contribution in [2.45, 2.75) is 11.1 Å². The second-order valence-electron chi connectivity index (χ2n) is 5.35. The molecule has 0 aliphatic rings. The Labute approximate surface area is 152 Å². The highest BCUT2D eigenvalue weighted by atomic mass is 32.2. The summed E-state index contributed by atoms with van der Waals surface area (Å²) in [7, 11) is -4.39. The van der Waals surface area contributed by atoms with Gasteiger partial charge in [-0.1, -0.05) is 18.2 Å². The third kappa shape index (κ3) is 4.07. The van der Waals surface area contributed by atoms with Gasteiger partial charge in [-0.05, 0) is 30.3 Å². The van der Waals surface area contributed by atoms with Gasteiger partial charge >= 0.3 is 6.18 Å². The smallest absolute Gasteiger partial charge is 0.417 e. The van der Waals surface area contributed by atoms with Gasteiger partial charge in [0.05, 0.1) is 11.1 Å². The minimum atomic E-state index is -4.81. The molecule has 2 aromatic carbocycles. The van der Waals surface area contributed by atoms with Crippen LogP contribution in [-0.2, 0) is 16.2 Å². The van der Waals surface area contributed by atoms with Crippen molar-refractivity contribution in [1.82, 2.24) is 9.97 Å². The summed E-state index contributed by atoms with van der Waals surface area (Å²) in [5.74, 6) is -0.815. The molecule has 1 aromatic heterocycles. The first-order chi connectivity index (χ1) is 12.7. The maximum atomic E-state index is 13.6. The van der Waals surface area contributed by atoms with Gasteiger partial charge in [0, 0.05) is 12.4 Å². The summed E-state index contributed by atoms with van der Waals surface area (Å²) in [6.07, 6.45) is -2.34. The number of aromatic nitrogens is 2. The van der Waals surface area contributed by atoms with Crippen molar-refractivity contribution in [2.75, 3.05) is 0 Å². The lowest BCUT2D eigenvalue weighted by atomic mass is 10.0. The van der Waals surface area contributed by atoms with E-state index in [0.29, 0.717) is 6.07 Å². The lowest BCUT2D eigenvalue weighted by Gasteiger charge is -2.19. The molecule has 0 saturated heterocycles. The Morgan fingerprint density at radius 2 is 1.56 bits per heavy atom. The van der Waals surface area contributed by atoms with Crippen LogP contribution in [0.15, 0.2) is 65.8 Å². The van der Waals surface area contributed by atoms with E-state index in [1.165, 1.54) is 30.6 Å². The molecule has 0 aliphatic carbocycles. The van der Waals surface area contributed by atoms with Crippen LogP contribution in [0.25, 0.3) is 11.4 Å². The van der Waals surface area contributed by atoms with Crippen molar-refractivity contribution in [3.63, 3.8) is 0 Å². The average molecular weight is 395 g/mol. The van der Waals surface area contributed by atoms with Crippen LogP contribution in [0.2, 0.25) is 0 Å². The molecule has 3 aromatic rings. The summed E-state index contributed by atoms with van der Waals surface area (Å²) >= 11 is 0. The molecule has 0 unspecified atom stereocenters. The van der Waals surface area contributed by atoms with E-state index in [0.717, 1.165) is 6.07 Å². The van der Waals surface area contributed by atoms with Crippen LogP contribution >= 0.6 is 0 Å². The number of sulfonamides is 1. The Hall–Kier alpha value is -2.98. The topological polar surface area (TPSA) is 95.2 Å². The van der Waals surface area contributed by atoms with Gasteiger partial charge in [0.25, 0.3) is 0 Å². The Morgan fingerprint density at radius 1 is 0.926 bits per heavy atom. The average Bonchev–Trinajstić information content (AvgIpc) is 2.61. The first-order valence-electron chi connectivity index (χ1n) is 7.45. The normalized spacial score (nSPS) is 12.0. The third-order valence-corrected chi connectivity index (χ3v) is 4.42. The maximum Gasteiger partial charge on any atom is 0.417 e. The molecule has 10 heteroatoms. The molecule has 2 N–H and O–H groups in total. The fourth-order valence-electron chi connectivity index (χ4n) is 2.38. The van der Waals surface area contributed by atoms with Gasteiger partial charge in [-0.3, -0.25) is 0 Å². The Kier molecular flexibility index (Phi) is 4.85. The highest BCUT2D eigenvalue weighted by Crippen LogP contribution is 2.45. The molecular weight excluding hydrogens is 383 g/mol. The number of hydrogen-bond acceptors (Lipinski definition) is 5. The van der Waals surface area contributed by atoms with E-state index in [1.54, 1.807) is 18.2 Å². The Morgan fingerprint density at radius 3 is 2.11 bits per heavy atom. The monoisotopic (exact) mass is 395 g/mol. The van der Waals surface area contributed by atoms with Gasteiger partial charge in [0.1, 0.15) is 10.6 Å². The summed E-state index contributed by atoms with van der Waals surface area (Å²) in [6, 6.07) is 10.5. The molecule has 0 fully saturated rings. The largest absolute Gasteiger partial charge is 0.455 e. The Bertz CT molecular complexity index is 1060. The maximum absolute atomic E-state index is 13.6. The second kappa shape index (κ2) is 6.97. The number of para-hydroxylation sites is 1. The fourth-order valence-corrected chi connectivity index (χ4v) is 3.04. The number of nitrogens with zero attached hydrogens (tertiary/aromatic N) is 2.